The number of anilines is 2. The first-order valence-corrected chi connectivity index (χ1v) is 9.54. The third-order valence-corrected chi connectivity index (χ3v) is 5.14. The standard InChI is InChI=1S/C23H23N5O2/c1-14-11-16(27-23(29)20(30-3)15-7-5-4-6-8-15)9-10-17(14)18-12-28(2)22-19(18)21(24)25-13-26-22/h4-13,20H,1-3H3,(H,27,29)(H2,24,25,26)/t20-/m1/s1. The number of amides is 1. The lowest BCUT2D eigenvalue weighted by molar-refractivity contribution is -0.126. The van der Waals surface area contributed by atoms with Crippen LogP contribution in [0.5, 0.6) is 0 Å². The van der Waals surface area contributed by atoms with Crippen molar-refractivity contribution in [2.24, 2.45) is 7.05 Å². The van der Waals surface area contributed by atoms with Crippen LogP contribution in [0, 0.1) is 6.92 Å². The first-order valence-electron chi connectivity index (χ1n) is 9.54. The van der Waals surface area contributed by atoms with Crippen LogP contribution in [0.1, 0.15) is 17.2 Å². The van der Waals surface area contributed by atoms with Gasteiger partial charge in [-0.1, -0.05) is 36.4 Å². The molecule has 0 spiro atoms. The summed E-state index contributed by atoms with van der Waals surface area (Å²) in [7, 11) is 3.45. The molecule has 0 aliphatic heterocycles. The van der Waals surface area contributed by atoms with Gasteiger partial charge in [-0.05, 0) is 35.7 Å². The Bertz CT molecular complexity index is 1220. The highest BCUT2D eigenvalue weighted by Gasteiger charge is 2.20. The van der Waals surface area contributed by atoms with Gasteiger partial charge in [-0.2, -0.15) is 0 Å². The van der Waals surface area contributed by atoms with Crippen LogP contribution >= 0.6 is 0 Å². The molecule has 0 aliphatic carbocycles. The van der Waals surface area contributed by atoms with Crippen LogP contribution in [0.2, 0.25) is 0 Å². The Kier molecular flexibility index (Phi) is 5.20. The Morgan fingerprint density at radius 1 is 1.13 bits per heavy atom. The van der Waals surface area contributed by atoms with Crippen LogP contribution < -0.4 is 11.1 Å². The molecule has 0 bridgehead atoms. The first-order chi connectivity index (χ1) is 14.5. The van der Waals surface area contributed by atoms with Gasteiger partial charge in [0.2, 0.25) is 0 Å². The number of ether oxygens (including phenoxy) is 1. The van der Waals surface area contributed by atoms with Gasteiger partial charge in [0.15, 0.2) is 6.10 Å². The molecule has 0 radical (unpaired) electrons. The molecular weight excluding hydrogens is 378 g/mol. The number of benzene rings is 2. The SMILES string of the molecule is CO[C@@H](C(=O)Nc1ccc(-c2cn(C)c3ncnc(N)c23)c(C)c1)c1ccccc1. The fourth-order valence-corrected chi connectivity index (χ4v) is 3.71. The molecule has 4 aromatic rings. The molecule has 152 valence electrons. The number of methoxy groups -OCH3 is 1. The zero-order valence-corrected chi connectivity index (χ0v) is 17.1. The lowest BCUT2D eigenvalue weighted by atomic mass is 10.00. The fraction of sp³-hybridized carbons (Fsp3) is 0.174. The lowest BCUT2D eigenvalue weighted by Gasteiger charge is -2.16. The maximum Gasteiger partial charge on any atom is 0.258 e. The number of hydrogen-bond acceptors (Lipinski definition) is 5. The number of aromatic nitrogens is 3. The number of fused-ring (bicyclic) bond motifs is 1. The minimum atomic E-state index is -0.679. The maximum absolute atomic E-state index is 12.8. The summed E-state index contributed by atoms with van der Waals surface area (Å²) >= 11 is 0. The Morgan fingerprint density at radius 2 is 1.90 bits per heavy atom. The molecule has 2 aromatic heterocycles. The van der Waals surface area contributed by atoms with Crippen LogP contribution in [0.4, 0.5) is 11.5 Å². The van der Waals surface area contributed by atoms with E-state index in [1.807, 2.05) is 73.3 Å². The number of nitrogens with one attached hydrogen (secondary N) is 1. The topological polar surface area (TPSA) is 95.1 Å². The van der Waals surface area contributed by atoms with Crippen molar-refractivity contribution in [1.82, 2.24) is 14.5 Å². The highest BCUT2D eigenvalue weighted by molar-refractivity contribution is 6.01. The number of hydrogen-bond donors (Lipinski definition) is 2. The zero-order chi connectivity index (χ0) is 21.3. The van der Waals surface area contributed by atoms with Crippen LogP contribution in [-0.2, 0) is 16.6 Å². The average Bonchev–Trinajstić information content (AvgIpc) is 3.07. The van der Waals surface area contributed by atoms with Gasteiger partial charge >= 0.3 is 0 Å². The number of nitrogens with zero attached hydrogens (tertiary/aromatic N) is 3. The van der Waals surface area contributed by atoms with Crippen molar-refractivity contribution in [2.45, 2.75) is 13.0 Å². The number of carbonyl (C=O) groups is 1. The summed E-state index contributed by atoms with van der Waals surface area (Å²) in [5.74, 6) is 0.219. The Morgan fingerprint density at radius 3 is 2.60 bits per heavy atom. The van der Waals surface area contributed by atoms with E-state index in [1.54, 1.807) is 0 Å². The van der Waals surface area contributed by atoms with E-state index in [2.05, 4.69) is 15.3 Å². The average molecular weight is 401 g/mol. The predicted octanol–water partition coefficient (Wildman–Crippen LogP) is 3.85. The number of rotatable bonds is 5. The molecule has 2 aromatic carbocycles. The molecule has 30 heavy (non-hydrogen) atoms. The number of nitrogens with two attached hydrogens (primary N) is 1. The predicted molar refractivity (Wildman–Crippen MR) is 118 cm³/mol. The summed E-state index contributed by atoms with van der Waals surface area (Å²) in [6.45, 7) is 1.99. The van der Waals surface area contributed by atoms with Gasteiger partial charge in [0.1, 0.15) is 17.8 Å². The van der Waals surface area contributed by atoms with E-state index in [4.69, 9.17) is 10.5 Å². The van der Waals surface area contributed by atoms with Gasteiger partial charge in [-0.15, -0.1) is 0 Å². The third kappa shape index (κ3) is 3.51. The molecule has 0 aliphatic rings. The van der Waals surface area contributed by atoms with Crippen LogP contribution in [0.25, 0.3) is 22.2 Å². The number of nitrogen functional groups attached to an aromatic ring is 1. The molecule has 4 rings (SSSR count). The van der Waals surface area contributed by atoms with E-state index < -0.39 is 6.10 Å². The van der Waals surface area contributed by atoms with Crippen molar-refractivity contribution in [3.05, 3.63) is 72.2 Å². The minimum absolute atomic E-state index is 0.223. The smallest absolute Gasteiger partial charge is 0.258 e. The first kappa shape index (κ1) is 19.6. The second-order valence-corrected chi connectivity index (χ2v) is 7.16. The Labute approximate surface area is 174 Å². The lowest BCUT2D eigenvalue weighted by Crippen LogP contribution is -2.22. The van der Waals surface area contributed by atoms with Gasteiger partial charge in [-0.25, -0.2) is 9.97 Å². The van der Waals surface area contributed by atoms with Crippen LogP contribution in [0.15, 0.2) is 61.1 Å². The molecule has 0 saturated carbocycles. The van der Waals surface area contributed by atoms with Crippen molar-refractivity contribution in [2.75, 3.05) is 18.2 Å². The van der Waals surface area contributed by atoms with E-state index in [0.717, 1.165) is 33.3 Å². The summed E-state index contributed by atoms with van der Waals surface area (Å²) in [5, 5.41) is 3.77. The van der Waals surface area contributed by atoms with Gasteiger partial charge in [-0.3, -0.25) is 4.79 Å². The van der Waals surface area contributed by atoms with Crippen molar-refractivity contribution < 1.29 is 9.53 Å². The van der Waals surface area contributed by atoms with Crippen LogP contribution in [0.3, 0.4) is 0 Å². The normalized spacial score (nSPS) is 12.1. The van der Waals surface area contributed by atoms with E-state index in [0.29, 0.717) is 11.5 Å². The van der Waals surface area contributed by atoms with Crippen molar-refractivity contribution in [3.63, 3.8) is 0 Å². The van der Waals surface area contributed by atoms with E-state index in [9.17, 15) is 4.79 Å². The molecule has 0 fully saturated rings. The highest BCUT2D eigenvalue weighted by atomic mass is 16.5. The van der Waals surface area contributed by atoms with Crippen LogP contribution in [-0.4, -0.2) is 27.6 Å². The van der Waals surface area contributed by atoms with E-state index >= 15 is 0 Å². The number of carbonyl (C=O) groups excluding carboxylic acids is 1. The molecule has 7 heteroatoms. The monoisotopic (exact) mass is 401 g/mol. The maximum atomic E-state index is 12.8. The highest BCUT2D eigenvalue weighted by Crippen LogP contribution is 2.35. The Hall–Kier alpha value is -3.71. The van der Waals surface area contributed by atoms with E-state index in [1.165, 1.54) is 13.4 Å². The quantitative estimate of drug-likeness (QED) is 0.530. The molecule has 1 amide bonds. The minimum Gasteiger partial charge on any atom is -0.383 e. The summed E-state index contributed by atoms with van der Waals surface area (Å²) < 4.78 is 7.35. The van der Waals surface area contributed by atoms with Gasteiger partial charge in [0, 0.05) is 31.6 Å². The molecule has 0 saturated heterocycles. The second-order valence-electron chi connectivity index (χ2n) is 7.16. The molecule has 3 N–H and O–H groups in total. The Balaban J connectivity index is 1.64. The molecule has 7 nitrogen and oxygen atoms in total. The summed E-state index contributed by atoms with van der Waals surface area (Å²) in [6, 6.07) is 15.2. The fourth-order valence-electron chi connectivity index (χ4n) is 3.71. The third-order valence-electron chi connectivity index (χ3n) is 5.14. The summed E-state index contributed by atoms with van der Waals surface area (Å²) in [4.78, 5) is 21.2. The zero-order valence-electron chi connectivity index (χ0n) is 17.1. The van der Waals surface area contributed by atoms with Crippen molar-refractivity contribution in [1.29, 1.82) is 0 Å². The summed E-state index contributed by atoms with van der Waals surface area (Å²) in [5.41, 5.74) is 11.4. The van der Waals surface area contributed by atoms with Gasteiger partial charge < -0.3 is 20.4 Å². The second kappa shape index (κ2) is 7.96. The summed E-state index contributed by atoms with van der Waals surface area (Å²) in [6.07, 6.45) is 2.78. The number of aryl methyl sites for hydroxylation is 2. The molecule has 2 heterocycles. The molecule has 1 atom stereocenters. The van der Waals surface area contributed by atoms with Crippen molar-refractivity contribution >= 4 is 28.4 Å². The van der Waals surface area contributed by atoms with E-state index in [-0.39, 0.29) is 5.91 Å². The largest absolute Gasteiger partial charge is 0.383 e. The van der Waals surface area contributed by atoms with Gasteiger partial charge in [0.25, 0.3) is 5.91 Å². The molecular formula is C23H23N5O2. The molecule has 0 unspecified atom stereocenters. The van der Waals surface area contributed by atoms with Gasteiger partial charge in [0.05, 0.1) is 5.39 Å². The van der Waals surface area contributed by atoms with Crippen molar-refractivity contribution in [3.8, 4) is 11.1 Å².